The fourth-order valence-electron chi connectivity index (χ4n) is 1.47. The molecule has 0 aromatic carbocycles. The Morgan fingerprint density at radius 3 is 2.67 bits per heavy atom. The Morgan fingerprint density at radius 2 is 2.20 bits per heavy atom. The molecular formula is C11H17NO3. The minimum absolute atomic E-state index is 0.0789. The molecule has 1 N–H and O–H groups in total. The standard InChI is InChI=1S/C11H17NO3/c1-4-5-6-8-9(11(13)14)10(7(2)3)12-15-8/h7H,4-6H2,1-3H3,(H,13,14). The third-order valence-corrected chi connectivity index (χ3v) is 2.31. The summed E-state index contributed by atoms with van der Waals surface area (Å²) in [6, 6.07) is 0. The summed E-state index contributed by atoms with van der Waals surface area (Å²) < 4.78 is 5.09. The van der Waals surface area contributed by atoms with Crippen LogP contribution in [0.2, 0.25) is 0 Å². The zero-order valence-corrected chi connectivity index (χ0v) is 9.41. The van der Waals surface area contributed by atoms with Crippen molar-refractivity contribution < 1.29 is 14.4 Å². The molecule has 4 nitrogen and oxygen atoms in total. The van der Waals surface area contributed by atoms with E-state index in [1.165, 1.54) is 0 Å². The second-order valence-electron chi connectivity index (χ2n) is 3.93. The molecule has 0 aliphatic rings. The van der Waals surface area contributed by atoms with Gasteiger partial charge in [0.1, 0.15) is 11.3 Å². The molecule has 0 saturated heterocycles. The number of rotatable bonds is 5. The van der Waals surface area contributed by atoms with Gasteiger partial charge in [-0.2, -0.15) is 0 Å². The van der Waals surface area contributed by atoms with Gasteiger partial charge in [0.25, 0.3) is 0 Å². The first kappa shape index (κ1) is 11.8. The highest BCUT2D eigenvalue weighted by molar-refractivity contribution is 5.90. The second-order valence-corrected chi connectivity index (χ2v) is 3.93. The monoisotopic (exact) mass is 211 g/mol. The Labute approximate surface area is 89.3 Å². The lowest BCUT2D eigenvalue weighted by Gasteiger charge is -2.00. The van der Waals surface area contributed by atoms with Gasteiger partial charge in [0.15, 0.2) is 5.76 Å². The largest absolute Gasteiger partial charge is 0.477 e. The summed E-state index contributed by atoms with van der Waals surface area (Å²) in [6.45, 7) is 5.88. The van der Waals surface area contributed by atoms with E-state index < -0.39 is 5.97 Å². The number of aromatic carboxylic acids is 1. The van der Waals surface area contributed by atoms with Crippen molar-refractivity contribution in [3.63, 3.8) is 0 Å². The van der Waals surface area contributed by atoms with Gasteiger partial charge in [-0.1, -0.05) is 32.3 Å². The summed E-state index contributed by atoms with van der Waals surface area (Å²) >= 11 is 0. The van der Waals surface area contributed by atoms with Crippen LogP contribution in [0.25, 0.3) is 0 Å². The molecule has 0 saturated carbocycles. The molecule has 0 aliphatic carbocycles. The van der Waals surface area contributed by atoms with Crippen molar-refractivity contribution in [1.82, 2.24) is 5.16 Å². The van der Waals surface area contributed by atoms with Gasteiger partial charge in [0, 0.05) is 6.42 Å². The first-order valence-electron chi connectivity index (χ1n) is 5.29. The van der Waals surface area contributed by atoms with Gasteiger partial charge in [-0.15, -0.1) is 0 Å². The van der Waals surface area contributed by atoms with Gasteiger partial charge < -0.3 is 9.63 Å². The molecule has 1 aromatic heterocycles. The summed E-state index contributed by atoms with van der Waals surface area (Å²) in [5.41, 5.74) is 0.812. The van der Waals surface area contributed by atoms with Crippen LogP contribution in [-0.2, 0) is 6.42 Å². The number of carboxylic acid groups (broad SMARTS) is 1. The van der Waals surface area contributed by atoms with E-state index in [0.717, 1.165) is 12.8 Å². The highest BCUT2D eigenvalue weighted by Gasteiger charge is 2.23. The third kappa shape index (κ3) is 2.58. The second kappa shape index (κ2) is 4.96. The maximum atomic E-state index is 11.1. The van der Waals surface area contributed by atoms with Crippen LogP contribution in [0.1, 0.15) is 61.3 Å². The molecule has 0 spiro atoms. The molecule has 1 aromatic rings. The number of hydrogen-bond donors (Lipinski definition) is 1. The SMILES string of the molecule is CCCCc1onc(C(C)C)c1C(=O)O. The molecule has 1 heterocycles. The summed E-state index contributed by atoms with van der Waals surface area (Å²) in [4.78, 5) is 11.1. The molecule has 0 radical (unpaired) electrons. The van der Waals surface area contributed by atoms with Crippen LogP contribution in [0.15, 0.2) is 4.52 Å². The van der Waals surface area contributed by atoms with Crippen molar-refractivity contribution in [2.75, 3.05) is 0 Å². The number of carbonyl (C=O) groups is 1. The van der Waals surface area contributed by atoms with Crippen LogP contribution in [0.3, 0.4) is 0 Å². The van der Waals surface area contributed by atoms with E-state index in [1.54, 1.807) is 0 Å². The number of unbranched alkanes of at least 4 members (excludes halogenated alkanes) is 1. The zero-order chi connectivity index (χ0) is 11.4. The van der Waals surface area contributed by atoms with Gasteiger partial charge >= 0.3 is 5.97 Å². The van der Waals surface area contributed by atoms with Crippen LogP contribution in [0, 0.1) is 0 Å². The Morgan fingerprint density at radius 1 is 1.53 bits per heavy atom. The van der Waals surface area contributed by atoms with E-state index >= 15 is 0 Å². The lowest BCUT2D eigenvalue weighted by atomic mass is 10.0. The average molecular weight is 211 g/mol. The number of hydrogen-bond acceptors (Lipinski definition) is 3. The molecule has 0 atom stereocenters. The number of carboxylic acids is 1. The summed E-state index contributed by atoms with van der Waals surface area (Å²) in [5.74, 6) is -0.352. The maximum absolute atomic E-state index is 11.1. The van der Waals surface area contributed by atoms with Crippen LogP contribution in [-0.4, -0.2) is 16.2 Å². The Hall–Kier alpha value is -1.32. The molecule has 0 amide bonds. The fourth-order valence-corrected chi connectivity index (χ4v) is 1.47. The van der Waals surface area contributed by atoms with E-state index in [4.69, 9.17) is 9.63 Å². The first-order valence-corrected chi connectivity index (χ1v) is 5.29. The molecule has 84 valence electrons. The average Bonchev–Trinajstić information content (AvgIpc) is 2.58. The smallest absolute Gasteiger partial charge is 0.341 e. The number of aromatic nitrogens is 1. The molecule has 0 fully saturated rings. The van der Waals surface area contributed by atoms with Gasteiger partial charge in [0.05, 0.1) is 0 Å². The molecule has 1 rings (SSSR count). The van der Waals surface area contributed by atoms with Gasteiger partial charge in [-0.05, 0) is 12.3 Å². The highest BCUT2D eigenvalue weighted by Crippen LogP contribution is 2.23. The number of nitrogens with zero attached hydrogens (tertiary/aromatic N) is 1. The Bertz CT molecular complexity index is 342. The minimum atomic E-state index is -0.939. The predicted molar refractivity (Wildman–Crippen MR) is 56.2 cm³/mol. The van der Waals surface area contributed by atoms with Gasteiger partial charge in [0.2, 0.25) is 0 Å². The van der Waals surface area contributed by atoms with Crippen LogP contribution in [0.5, 0.6) is 0 Å². The van der Waals surface area contributed by atoms with Crippen LogP contribution in [0.4, 0.5) is 0 Å². The van der Waals surface area contributed by atoms with E-state index in [2.05, 4.69) is 12.1 Å². The van der Waals surface area contributed by atoms with Crippen LogP contribution >= 0.6 is 0 Å². The Kier molecular flexibility index (Phi) is 3.88. The quantitative estimate of drug-likeness (QED) is 0.813. The van der Waals surface area contributed by atoms with Crippen molar-refractivity contribution in [1.29, 1.82) is 0 Å². The minimum Gasteiger partial charge on any atom is -0.477 e. The summed E-state index contributed by atoms with van der Waals surface area (Å²) in [7, 11) is 0. The zero-order valence-electron chi connectivity index (χ0n) is 9.41. The third-order valence-electron chi connectivity index (χ3n) is 2.31. The summed E-state index contributed by atoms with van der Waals surface area (Å²) in [6.07, 6.45) is 2.58. The van der Waals surface area contributed by atoms with E-state index in [0.29, 0.717) is 17.9 Å². The maximum Gasteiger partial charge on any atom is 0.341 e. The normalized spacial score (nSPS) is 10.9. The van der Waals surface area contributed by atoms with E-state index in [-0.39, 0.29) is 11.5 Å². The van der Waals surface area contributed by atoms with E-state index in [1.807, 2.05) is 13.8 Å². The van der Waals surface area contributed by atoms with Crippen molar-refractivity contribution in [2.24, 2.45) is 0 Å². The van der Waals surface area contributed by atoms with Crippen molar-refractivity contribution >= 4 is 5.97 Å². The van der Waals surface area contributed by atoms with Crippen molar-refractivity contribution in [3.05, 3.63) is 17.0 Å². The number of aryl methyl sites for hydroxylation is 1. The molecule has 0 unspecified atom stereocenters. The van der Waals surface area contributed by atoms with Crippen LogP contribution < -0.4 is 0 Å². The molecule has 15 heavy (non-hydrogen) atoms. The summed E-state index contributed by atoms with van der Waals surface area (Å²) in [5, 5.41) is 12.9. The van der Waals surface area contributed by atoms with Crippen molar-refractivity contribution in [3.8, 4) is 0 Å². The highest BCUT2D eigenvalue weighted by atomic mass is 16.5. The van der Waals surface area contributed by atoms with E-state index in [9.17, 15) is 4.79 Å². The fraction of sp³-hybridized carbons (Fsp3) is 0.636. The predicted octanol–water partition coefficient (Wildman–Crippen LogP) is 2.84. The molecule has 4 heteroatoms. The van der Waals surface area contributed by atoms with Gasteiger partial charge in [-0.25, -0.2) is 4.79 Å². The molecular weight excluding hydrogens is 194 g/mol. The first-order chi connectivity index (χ1) is 7.07. The molecule has 0 bridgehead atoms. The lowest BCUT2D eigenvalue weighted by molar-refractivity contribution is 0.0693. The van der Waals surface area contributed by atoms with Gasteiger partial charge in [-0.3, -0.25) is 0 Å². The Balaban J connectivity index is 3.01. The van der Waals surface area contributed by atoms with Crippen molar-refractivity contribution in [2.45, 2.75) is 46.0 Å². The molecule has 0 aliphatic heterocycles. The topological polar surface area (TPSA) is 63.3 Å². The lowest BCUT2D eigenvalue weighted by Crippen LogP contribution is -2.04.